The highest BCUT2D eigenvalue weighted by Gasteiger charge is 2.30. The van der Waals surface area contributed by atoms with Crippen LogP contribution in [0.15, 0.2) is 30.6 Å². The monoisotopic (exact) mass is 343 g/mol. The van der Waals surface area contributed by atoms with Crippen LogP contribution in [0.25, 0.3) is 0 Å². The van der Waals surface area contributed by atoms with Crippen LogP contribution in [0.1, 0.15) is 37.2 Å². The number of benzene rings is 1. The number of nitrogens with zero attached hydrogens (tertiary/aromatic N) is 4. The lowest BCUT2D eigenvalue weighted by Crippen LogP contribution is -2.44. The molecule has 3 rings (SSSR count). The van der Waals surface area contributed by atoms with Crippen LogP contribution in [-0.4, -0.2) is 45.4 Å². The van der Waals surface area contributed by atoms with Crippen molar-refractivity contribution in [3.8, 4) is 5.75 Å². The number of methoxy groups -OCH3 is 1. The molecule has 2 atom stereocenters. The molecule has 2 heterocycles. The highest BCUT2D eigenvalue weighted by Crippen LogP contribution is 2.23. The summed E-state index contributed by atoms with van der Waals surface area (Å²) in [6.45, 7) is 2.72. The molecule has 134 valence electrons. The van der Waals surface area contributed by atoms with E-state index in [0.29, 0.717) is 0 Å². The van der Waals surface area contributed by atoms with Gasteiger partial charge in [0.15, 0.2) is 5.82 Å². The second-order valence-electron chi connectivity index (χ2n) is 6.51. The smallest absolute Gasteiger partial charge is 0.318 e. The van der Waals surface area contributed by atoms with Crippen LogP contribution in [-0.2, 0) is 13.5 Å². The van der Waals surface area contributed by atoms with Crippen molar-refractivity contribution in [2.75, 3.05) is 13.7 Å². The van der Waals surface area contributed by atoms with E-state index in [1.54, 1.807) is 13.4 Å². The Morgan fingerprint density at radius 3 is 2.80 bits per heavy atom. The lowest BCUT2D eigenvalue weighted by atomic mass is 10.0. The Morgan fingerprint density at radius 2 is 2.16 bits per heavy atom. The molecule has 0 aliphatic carbocycles. The molecule has 2 amide bonds. The van der Waals surface area contributed by atoms with E-state index in [0.717, 1.165) is 37.4 Å². The van der Waals surface area contributed by atoms with Gasteiger partial charge in [-0.2, -0.15) is 0 Å². The van der Waals surface area contributed by atoms with Crippen molar-refractivity contribution in [2.45, 2.75) is 38.3 Å². The number of likely N-dealkylation sites (tertiary alicyclic amines) is 1. The molecule has 0 radical (unpaired) electrons. The third kappa shape index (κ3) is 3.92. The summed E-state index contributed by atoms with van der Waals surface area (Å²) in [5, 5.41) is 11.0. The average molecular weight is 343 g/mol. The predicted octanol–water partition coefficient (Wildman–Crippen LogP) is 2.30. The van der Waals surface area contributed by atoms with Crippen LogP contribution < -0.4 is 10.1 Å². The molecule has 1 aliphatic heterocycles. The van der Waals surface area contributed by atoms with Gasteiger partial charge in [0.25, 0.3) is 0 Å². The van der Waals surface area contributed by atoms with Crippen molar-refractivity contribution >= 4 is 6.03 Å². The highest BCUT2D eigenvalue weighted by molar-refractivity contribution is 5.75. The molecule has 0 saturated carbocycles. The second kappa shape index (κ2) is 7.55. The molecule has 0 spiro atoms. The topological polar surface area (TPSA) is 72.3 Å². The maximum atomic E-state index is 12.7. The molecule has 1 fully saturated rings. The van der Waals surface area contributed by atoms with Gasteiger partial charge in [0.2, 0.25) is 0 Å². The molecule has 1 aliphatic rings. The standard InChI is InChI=1S/C18H25N5O2/c1-13(17-21-19-12-22(17)2)20-18(24)23-10-4-5-15(23)11-14-6-8-16(25-3)9-7-14/h6-9,12-13,15H,4-5,10-11H2,1-3H3,(H,20,24)/t13-,15-/m1/s1. The Hall–Kier alpha value is -2.57. The molecular formula is C18H25N5O2. The molecule has 25 heavy (non-hydrogen) atoms. The van der Waals surface area contributed by atoms with Gasteiger partial charge in [0.05, 0.1) is 13.2 Å². The number of carbonyl (C=O) groups is 1. The largest absolute Gasteiger partial charge is 0.497 e. The Labute approximate surface area is 148 Å². The third-order valence-corrected chi connectivity index (χ3v) is 4.74. The highest BCUT2D eigenvalue weighted by atomic mass is 16.5. The summed E-state index contributed by atoms with van der Waals surface area (Å²) >= 11 is 0. The molecule has 0 bridgehead atoms. The Morgan fingerprint density at radius 1 is 1.40 bits per heavy atom. The summed E-state index contributed by atoms with van der Waals surface area (Å²) in [6, 6.07) is 8.06. The van der Waals surface area contributed by atoms with Gasteiger partial charge in [-0.05, 0) is 43.9 Å². The van der Waals surface area contributed by atoms with Crippen molar-refractivity contribution in [3.63, 3.8) is 0 Å². The summed E-state index contributed by atoms with van der Waals surface area (Å²) in [5.41, 5.74) is 1.21. The fourth-order valence-electron chi connectivity index (χ4n) is 3.37. The van der Waals surface area contributed by atoms with E-state index in [1.807, 2.05) is 35.6 Å². The summed E-state index contributed by atoms with van der Waals surface area (Å²) in [5.74, 6) is 1.60. The van der Waals surface area contributed by atoms with Crippen LogP contribution >= 0.6 is 0 Å². The zero-order valence-corrected chi connectivity index (χ0v) is 15.0. The number of aryl methyl sites for hydroxylation is 1. The van der Waals surface area contributed by atoms with E-state index < -0.39 is 0 Å². The predicted molar refractivity (Wildman–Crippen MR) is 94.4 cm³/mol. The van der Waals surface area contributed by atoms with Crippen molar-refractivity contribution < 1.29 is 9.53 Å². The first-order valence-corrected chi connectivity index (χ1v) is 8.62. The van der Waals surface area contributed by atoms with Crippen LogP contribution in [0.4, 0.5) is 4.79 Å². The van der Waals surface area contributed by atoms with Crippen molar-refractivity contribution in [1.29, 1.82) is 0 Å². The first kappa shape index (κ1) is 17.3. The maximum absolute atomic E-state index is 12.7. The number of hydrogen-bond donors (Lipinski definition) is 1. The van der Waals surface area contributed by atoms with Crippen LogP contribution in [0.5, 0.6) is 5.75 Å². The van der Waals surface area contributed by atoms with E-state index in [9.17, 15) is 4.79 Å². The van der Waals surface area contributed by atoms with Gasteiger partial charge in [0.1, 0.15) is 12.1 Å². The normalized spacial score (nSPS) is 18.2. The van der Waals surface area contributed by atoms with E-state index >= 15 is 0 Å². The number of carbonyl (C=O) groups excluding carboxylic acids is 1. The van der Waals surface area contributed by atoms with Crippen molar-refractivity contribution in [2.24, 2.45) is 7.05 Å². The minimum absolute atomic E-state index is 0.0356. The molecule has 1 N–H and O–H groups in total. The summed E-state index contributed by atoms with van der Waals surface area (Å²) < 4.78 is 7.02. The number of nitrogens with one attached hydrogen (secondary N) is 1. The van der Waals surface area contributed by atoms with E-state index in [1.165, 1.54) is 5.56 Å². The lowest BCUT2D eigenvalue weighted by molar-refractivity contribution is 0.188. The molecular weight excluding hydrogens is 318 g/mol. The van der Waals surface area contributed by atoms with Crippen LogP contribution in [0, 0.1) is 0 Å². The second-order valence-corrected chi connectivity index (χ2v) is 6.51. The Balaban J connectivity index is 1.62. The summed E-state index contributed by atoms with van der Waals surface area (Å²) in [7, 11) is 3.54. The number of amides is 2. The van der Waals surface area contributed by atoms with Gasteiger partial charge in [-0.1, -0.05) is 12.1 Å². The fourth-order valence-corrected chi connectivity index (χ4v) is 3.37. The molecule has 2 aromatic rings. The lowest BCUT2D eigenvalue weighted by Gasteiger charge is -2.26. The van der Waals surface area contributed by atoms with Gasteiger partial charge in [-0.15, -0.1) is 10.2 Å². The average Bonchev–Trinajstić information content (AvgIpc) is 3.24. The molecule has 7 nitrogen and oxygen atoms in total. The van der Waals surface area contributed by atoms with Crippen LogP contribution in [0.3, 0.4) is 0 Å². The SMILES string of the molecule is COc1ccc(C[C@H]2CCCN2C(=O)N[C@H](C)c2nncn2C)cc1. The van der Waals surface area contributed by atoms with Crippen molar-refractivity contribution in [3.05, 3.63) is 42.0 Å². The van der Waals surface area contributed by atoms with E-state index in [2.05, 4.69) is 27.6 Å². The van der Waals surface area contributed by atoms with Crippen LogP contribution in [0.2, 0.25) is 0 Å². The number of hydrogen-bond acceptors (Lipinski definition) is 4. The quantitative estimate of drug-likeness (QED) is 0.904. The van der Waals surface area contributed by atoms with Gasteiger partial charge < -0.3 is 19.5 Å². The minimum atomic E-state index is -0.178. The van der Waals surface area contributed by atoms with E-state index in [4.69, 9.17) is 4.74 Å². The number of aromatic nitrogens is 3. The summed E-state index contributed by atoms with van der Waals surface area (Å²) in [6.07, 6.45) is 4.56. The van der Waals surface area contributed by atoms with Gasteiger partial charge >= 0.3 is 6.03 Å². The minimum Gasteiger partial charge on any atom is -0.497 e. The molecule has 1 aromatic carbocycles. The number of urea groups is 1. The fraction of sp³-hybridized carbons (Fsp3) is 0.500. The number of rotatable bonds is 5. The first-order valence-electron chi connectivity index (χ1n) is 8.62. The first-order chi connectivity index (χ1) is 12.1. The Kier molecular flexibility index (Phi) is 5.21. The van der Waals surface area contributed by atoms with Crippen molar-refractivity contribution in [1.82, 2.24) is 25.0 Å². The molecule has 1 saturated heterocycles. The third-order valence-electron chi connectivity index (χ3n) is 4.74. The molecule has 7 heteroatoms. The molecule has 0 unspecified atom stereocenters. The zero-order chi connectivity index (χ0) is 17.8. The van der Waals surface area contributed by atoms with Gasteiger partial charge in [0, 0.05) is 19.6 Å². The summed E-state index contributed by atoms with van der Waals surface area (Å²) in [4.78, 5) is 14.6. The maximum Gasteiger partial charge on any atom is 0.318 e. The Bertz CT molecular complexity index is 713. The number of ether oxygens (including phenoxy) is 1. The zero-order valence-electron chi connectivity index (χ0n) is 15.0. The van der Waals surface area contributed by atoms with E-state index in [-0.39, 0.29) is 18.1 Å². The molecule has 1 aromatic heterocycles. The van der Waals surface area contributed by atoms with Gasteiger partial charge in [-0.3, -0.25) is 0 Å². The van der Waals surface area contributed by atoms with Gasteiger partial charge in [-0.25, -0.2) is 4.79 Å².